The van der Waals surface area contributed by atoms with Gasteiger partial charge in [-0.05, 0) is 124 Å². The molecule has 0 saturated heterocycles. The smallest absolute Gasteiger partial charge is 0.234 e. The third-order valence-corrected chi connectivity index (χ3v) is 13.8. The molecule has 1 spiro atoms. The molecule has 0 saturated carbocycles. The summed E-state index contributed by atoms with van der Waals surface area (Å²) < 4.78 is 2.23. The van der Waals surface area contributed by atoms with E-state index in [0.717, 1.165) is 16.7 Å². The van der Waals surface area contributed by atoms with Crippen molar-refractivity contribution in [3.8, 4) is 50.6 Å². The molecule has 3 aromatic heterocycles. The second-order valence-electron chi connectivity index (χ2n) is 16.6. The summed E-state index contributed by atoms with van der Waals surface area (Å²) in [6.45, 7) is 0. The fraction of sp³-hybridized carbons (Fsp3) is 0.0172. The van der Waals surface area contributed by atoms with E-state index in [1.54, 1.807) is 0 Å². The standard InChI is InChI=1S/C58H34N4/c1-2-16-37-35(14-1)15-11-23-40(37)55-43-21-5-3-19-41(43)54(42-20-4-6-22-44(42)55)36-27-28-45-50(32-36)58(49-25-12-29-59-56(45)49)48-24-9-7-17-38(48)46-33-47-39-18-8-10-26-52(39)62(53(47)34-51(46)58)57-60-30-13-31-61-57/h1-34H. The quantitative estimate of drug-likeness (QED) is 0.168. The zero-order valence-corrected chi connectivity index (χ0v) is 33.4. The van der Waals surface area contributed by atoms with Crippen molar-refractivity contribution in [2.45, 2.75) is 5.41 Å². The van der Waals surface area contributed by atoms with Crippen LogP contribution < -0.4 is 0 Å². The maximum atomic E-state index is 5.17. The van der Waals surface area contributed by atoms with Crippen molar-refractivity contribution in [3.63, 3.8) is 0 Å². The molecule has 3 heterocycles. The summed E-state index contributed by atoms with van der Waals surface area (Å²) in [6, 6.07) is 69.4. The van der Waals surface area contributed by atoms with Gasteiger partial charge in [-0.2, -0.15) is 0 Å². The van der Waals surface area contributed by atoms with Crippen LogP contribution in [-0.2, 0) is 5.41 Å². The lowest BCUT2D eigenvalue weighted by atomic mass is 9.70. The molecule has 2 aliphatic rings. The molecule has 4 heteroatoms. The van der Waals surface area contributed by atoms with Crippen LogP contribution in [0.3, 0.4) is 0 Å². The molecule has 0 radical (unpaired) electrons. The summed E-state index contributed by atoms with van der Waals surface area (Å²) in [5.41, 5.74) is 16.2. The molecule has 14 rings (SSSR count). The van der Waals surface area contributed by atoms with Crippen LogP contribution in [0.15, 0.2) is 207 Å². The largest absolute Gasteiger partial charge is 0.278 e. The number of aromatic nitrogens is 4. The lowest BCUT2D eigenvalue weighted by Gasteiger charge is -2.30. The molecule has 0 amide bonds. The molecule has 286 valence electrons. The number of hydrogen-bond acceptors (Lipinski definition) is 3. The molecule has 0 fully saturated rings. The Bertz CT molecular complexity index is 3820. The molecule has 62 heavy (non-hydrogen) atoms. The van der Waals surface area contributed by atoms with Crippen molar-refractivity contribution in [2.24, 2.45) is 0 Å². The number of rotatable bonds is 3. The van der Waals surface area contributed by atoms with Crippen LogP contribution >= 0.6 is 0 Å². The minimum absolute atomic E-state index is 0.623. The molecule has 0 N–H and O–H groups in total. The van der Waals surface area contributed by atoms with E-state index in [1.807, 2.05) is 24.7 Å². The Balaban J connectivity index is 1.09. The molecule has 2 aliphatic carbocycles. The zero-order valence-electron chi connectivity index (χ0n) is 33.4. The second kappa shape index (κ2) is 12.4. The number of pyridine rings is 1. The maximum absolute atomic E-state index is 5.17. The van der Waals surface area contributed by atoms with Gasteiger partial charge in [-0.3, -0.25) is 9.55 Å². The van der Waals surface area contributed by atoms with Gasteiger partial charge in [0.15, 0.2) is 0 Å². The van der Waals surface area contributed by atoms with E-state index in [2.05, 4.69) is 187 Å². The van der Waals surface area contributed by atoms with Crippen LogP contribution in [-0.4, -0.2) is 19.5 Å². The summed E-state index contributed by atoms with van der Waals surface area (Å²) >= 11 is 0. The van der Waals surface area contributed by atoms with Crippen LogP contribution in [0.4, 0.5) is 0 Å². The van der Waals surface area contributed by atoms with Gasteiger partial charge >= 0.3 is 0 Å². The van der Waals surface area contributed by atoms with E-state index < -0.39 is 5.41 Å². The number of nitrogens with zero attached hydrogens (tertiary/aromatic N) is 4. The lowest BCUT2D eigenvalue weighted by Crippen LogP contribution is -2.26. The fourth-order valence-corrected chi connectivity index (χ4v) is 11.4. The van der Waals surface area contributed by atoms with Crippen molar-refractivity contribution >= 4 is 54.1 Å². The van der Waals surface area contributed by atoms with Gasteiger partial charge < -0.3 is 0 Å². The minimum atomic E-state index is -0.623. The van der Waals surface area contributed by atoms with Crippen molar-refractivity contribution in [1.82, 2.24) is 19.5 Å². The second-order valence-corrected chi connectivity index (χ2v) is 16.6. The number of benzene rings is 9. The predicted molar refractivity (Wildman–Crippen MR) is 254 cm³/mol. The summed E-state index contributed by atoms with van der Waals surface area (Å²) in [7, 11) is 0. The molecule has 4 nitrogen and oxygen atoms in total. The molecule has 0 bridgehead atoms. The monoisotopic (exact) mass is 786 g/mol. The molecule has 9 aromatic carbocycles. The van der Waals surface area contributed by atoms with Gasteiger partial charge in [0.05, 0.1) is 22.1 Å². The average molecular weight is 787 g/mol. The van der Waals surface area contributed by atoms with E-state index in [4.69, 9.17) is 15.0 Å². The summed E-state index contributed by atoms with van der Waals surface area (Å²) in [4.78, 5) is 14.8. The SMILES string of the molecule is c1cnc(-n2c3ccccc3c3cc4c(cc32)C2(c3ccccc3-4)c3cc(-c4c5ccccc5c(-c5cccc6ccccc56)c5ccccc45)ccc3-c3ncccc32)nc1. The molecular formula is C58H34N4. The average Bonchev–Trinajstić information content (AvgIpc) is 3.93. The first-order valence-corrected chi connectivity index (χ1v) is 21.3. The minimum Gasteiger partial charge on any atom is -0.278 e. The summed E-state index contributed by atoms with van der Waals surface area (Å²) in [6.07, 6.45) is 5.59. The van der Waals surface area contributed by atoms with Gasteiger partial charge in [0.2, 0.25) is 5.95 Å². The van der Waals surface area contributed by atoms with Crippen LogP contribution in [0.25, 0.3) is 105 Å². The molecule has 1 atom stereocenters. The Hall–Kier alpha value is -8.21. The third-order valence-electron chi connectivity index (χ3n) is 13.8. The Morgan fingerprint density at radius 2 is 0.952 bits per heavy atom. The Labute approximate surface area is 357 Å². The van der Waals surface area contributed by atoms with E-state index in [0.29, 0.717) is 5.95 Å². The van der Waals surface area contributed by atoms with E-state index in [9.17, 15) is 0 Å². The van der Waals surface area contributed by atoms with Gasteiger partial charge in [0.1, 0.15) is 0 Å². The van der Waals surface area contributed by atoms with Crippen LogP contribution in [0.5, 0.6) is 0 Å². The summed E-state index contributed by atoms with van der Waals surface area (Å²) in [5, 5.41) is 9.81. The summed E-state index contributed by atoms with van der Waals surface area (Å²) in [5.74, 6) is 0.657. The van der Waals surface area contributed by atoms with E-state index >= 15 is 0 Å². The van der Waals surface area contributed by atoms with Crippen LogP contribution in [0, 0.1) is 0 Å². The highest BCUT2D eigenvalue weighted by molar-refractivity contribution is 6.24. The Morgan fingerprint density at radius 3 is 1.76 bits per heavy atom. The predicted octanol–water partition coefficient (Wildman–Crippen LogP) is 14.1. The third kappa shape index (κ3) is 4.27. The van der Waals surface area contributed by atoms with E-state index in [1.165, 1.54) is 104 Å². The molecular weight excluding hydrogens is 753 g/mol. The number of fused-ring (bicyclic) bond motifs is 16. The van der Waals surface area contributed by atoms with Gasteiger partial charge in [-0.1, -0.05) is 152 Å². The number of para-hydroxylation sites is 1. The molecule has 12 aromatic rings. The first-order valence-electron chi connectivity index (χ1n) is 21.3. The topological polar surface area (TPSA) is 43.6 Å². The molecule has 1 unspecified atom stereocenters. The number of hydrogen-bond donors (Lipinski definition) is 0. The van der Waals surface area contributed by atoms with Crippen molar-refractivity contribution in [1.29, 1.82) is 0 Å². The van der Waals surface area contributed by atoms with Crippen molar-refractivity contribution < 1.29 is 0 Å². The van der Waals surface area contributed by atoms with E-state index in [-0.39, 0.29) is 0 Å². The van der Waals surface area contributed by atoms with Crippen LogP contribution in [0.1, 0.15) is 22.3 Å². The Kier molecular flexibility index (Phi) is 6.73. The maximum Gasteiger partial charge on any atom is 0.234 e. The Morgan fingerprint density at radius 1 is 0.339 bits per heavy atom. The highest BCUT2D eigenvalue weighted by atomic mass is 15.1. The highest BCUT2D eigenvalue weighted by Crippen LogP contribution is 2.63. The zero-order chi connectivity index (χ0) is 40.5. The normalized spacial score (nSPS) is 14.8. The van der Waals surface area contributed by atoms with Crippen molar-refractivity contribution in [3.05, 3.63) is 229 Å². The van der Waals surface area contributed by atoms with Gasteiger partial charge in [0.25, 0.3) is 0 Å². The molecule has 0 aliphatic heterocycles. The fourth-order valence-electron chi connectivity index (χ4n) is 11.4. The first kappa shape index (κ1) is 33.6. The van der Waals surface area contributed by atoms with Crippen molar-refractivity contribution in [2.75, 3.05) is 0 Å². The van der Waals surface area contributed by atoms with Gasteiger partial charge in [-0.15, -0.1) is 0 Å². The highest BCUT2D eigenvalue weighted by Gasteiger charge is 2.52. The van der Waals surface area contributed by atoms with Crippen LogP contribution in [0.2, 0.25) is 0 Å². The lowest BCUT2D eigenvalue weighted by molar-refractivity contribution is 0.792. The first-order chi connectivity index (χ1) is 30.8. The van der Waals surface area contributed by atoms with Gasteiger partial charge in [0, 0.05) is 34.9 Å². The van der Waals surface area contributed by atoms with Gasteiger partial charge in [-0.25, -0.2) is 9.97 Å².